The lowest BCUT2D eigenvalue weighted by Crippen LogP contribution is -1.96. The fourth-order valence-electron chi connectivity index (χ4n) is 8.11. The number of benzene rings is 7. The molecule has 7 aromatic carbocycles. The van der Waals surface area contributed by atoms with Gasteiger partial charge in [0.1, 0.15) is 0 Å². The Hall–Kier alpha value is -5.60. The highest BCUT2D eigenvalue weighted by atomic mass is 15.0. The van der Waals surface area contributed by atoms with Crippen molar-refractivity contribution in [1.82, 2.24) is 9.55 Å². The van der Waals surface area contributed by atoms with Crippen LogP contribution in [0.5, 0.6) is 0 Å². The summed E-state index contributed by atoms with van der Waals surface area (Å²) in [5.74, 6) is 0. The van der Waals surface area contributed by atoms with E-state index < -0.39 is 0 Å². The second kappa shape index (κ2) is 9.20. The second-order valence-electron chi connectivity index (χ2n) is 12.5. The summed E-state index contributed by atoms with van der Waals surface area (Å²) in [5.41, 5.74) is 12.8. The number of aromatic amines is 1. The molecule has 1 aliphatic carbocycles. The minimum absolute atomic E-state index is 1.11. The van der Waals surface area contributed by atoms with Crippen LogP contribution in [0.4, 0.5) is 0 Å². The summed E-state index contributed by atoms with van der Waals surface area (Å²) in [6.07, 6.45) is 6.86. The van der Waals surface area contributed by atoms with Gasteiger partial charge in [-0.1, -0.05) is 121 Å². The van der Waals surface area contributed by atoms with Crippen molar-refractivity contribution < 1.29 is 0 Å². The SMILES string of the molecule is Cn1c2cc(-c3cccc4c3C=CCC4)ccc2c2c3ccccc3c3c4ccc(-c5cccc6ccccc56)cc4[nH]c3c21. The van der Waals surface area contributed by atoms with Crippen LogP contribution in [0.3, 0.4) is 0 Å². The first kappa shape index (κ1) is 24.8. The Morgan fingerprint density at radius 1 is 0.600 bits per heavy atom. The number of fused-ring (bicyclic) bond motifs is 12. The lowest BCUT2D eigenvalue weighted by molar-refractivity contribution is 0.986. The number of hydrogen-bond acceptors (Lipinski definition) is 0. The van der Waals surface area contributed by atoms with E-state index in [0.717, 1.165) is 12.8 Å². The standard InChI is InChI=1S/C43H30N2/c1-45-39-25-29(33-19-9-13-27-11-3-5-15-31(27)33)21-23-37(39)41-35-17-7-6-16-34(35)40-36-22-20-28(24-38(36)44-42(40)43(41)45)32-18-8-12-26-10-2-4-14-30(26)32/h2,4-10,12-25,44H,3,11H2,1H3. The van der Waals surface area contributed by atoms with Gasteiger partial charge in [-0.3, -0.25) is 0 Å². The molecule has 45 heavy (non-hydrogen) atoms. The van der Waals surface area contributed by atoms with E-state index in [9.17, 15) is 0 Å². The Morgan fingerprint density at radius 3 is 2.20 bits per heavy atom. The molecule has 0 bridgehead atoms. The van der Waals surface area contributed by atoms with Crippen molar-refractivity contribution in [2.24, 2.45) is 7.05 Å². The van der Waals surface area contributed by atoms with Crippen LogP contribution < -0.4 is 0 Å². The zero-order chi connectivity index (χ0) is 29.6. The molecule has 10 rings (SSSR count). The van der Waals surface area contributed by atoms with Gasteiger partial charge in [0.05, 0.1) is 11.0 Å². The van der Waals surface area contributed by atoms with Gasteiger partial charge in [-0.05, 0) is 79.9 Å². The molecule has 2 aromatic heterocycles. The molecular weight excluding hydrogens is 544 g/mol. The fraction of sp³-hybridized carbons (Fsp3) is 0.0698. The third-order valence-corrected chi connectivity index (χ3v) is 10.2. The quantitative estimate of drug-likeness (QED) is 0.212. The van der Waals surface area contributed by atoms with Crippen molar-refractivity contribution in [3.05, 3.63) is 139 Å². The number of aromatic nitrogens is 2. The molecule has 9 aromatic rings. The first-order valence-electron chi connectivity index (χ1n) is 15.9. The smallest absolute Gasteiger partial charge is 0.0740 e. The van der Waals surface area contributed by atoms with E-state index in [0.29, 0.717) is 0 Å². The van der Waals surface area contributed by atoms with Gasteiger partial charge in [-0.15, -0.1) is 0 Å². The third-order valence-electron chi connectivity index (χ3n) is 10.2. The average Bonchev–Trinajstić information content (AvgIpc) is 3.62. The van der Waals surface area contributed by atoms with E-state index in [1.807, 2.05) is 0 Å². The van der Waals surface area contributed by atoms with Gasteiger partial charge in [0, 0.05) is 39.6 Å². The van der Waals surface area contributed by atoms with Gasteiger partial charge in [0.25, 0.3) is 0 Å². The van der Waals surface area contributed by atoms with Crippen LogP contribution in [0.1, 0.15) is 17.5 Å². The van der Waals surface area contributed by atoms with Crippen molar-refractivity contribution in [2.45, 2.75) is 12.8 Å². The van der Waals surface area contributed by atoms with Gasteiger partial charge >= 0.3 is 0 Å². The Morgan fingerprint density at radius 2 is 1.31 bits per heavy atom. The highest BCUT2D eigenvalue weighted by molar-refractivity contribution is 6.35. The minimum atomic E-state index is 1.11. The molecule has 0 spiro atoms. The number of rotatable bonds is 2. The van der Waals surface area contributed by atoms with Crippen molar-refractivity contribution in [1.29, 1.82) is 0 Å². The Bertz CT molecular complexity index is 2710. The molecule has 0 aliphatic heterocycles. The molecule has 1 aliphatic rings. The highest BCUT2D eigenvalue weighted by Gasteiger charge is 2.21. The van der Waals surface area contributed by atoms with Gasteiger partial charge in [-0.25, -0.2) is 0 Å². The number of hydrogen-bond donors (Lipinski definition) is 1. The summed E-state index contributed by atoms with van der Waals surface area (Å²) < 4.78 is 2.41. The van der Waals surface area contributed by atoms with Gasteiger partial charge in [0.15, 0.2) is 0 Å². The molecule has 0 saturated heterocycles. The minimum Gasteiger partial charge on any atom is -0.353 e. The molecule has 0 amide bonds. The van der Waals surface area contributed by atoms with Crippen LogP contribution in [0.15, 0.2) is 127 Å². The molecule has 0 atom stereocenters. The number of nitrogens with zero attached hydrogens (tertiary/aromatic N) is 1. The summed E-state index contributed by atoms with van der Waals surface area (Å²) >= 11 is 0. The Labute approximate surface area is 260 Å². The first-order chi connectivity index (χ1) is 22.2. The largest absolute Gasteiger partial charge is 0.353 e. The molecular formula is C43H30N2. The van der Waals surface area contributed by atoms with Crippen LogP contribution in [-0.2, 0) is 13.5 Å². The molecule has 0 unspecified atom stereocenters. The topological polar surface area (TPSA) is 20.7 Å². The van der Waals surface area contributed by atoms with E-state index in [-0.39, 0.29) is 0 Å². The second-order valence-corrected chi connectivity index (χ2v) is 12.5. The maximum Gasteiger partial charge on any atom is 0.0740 e. The fourth-order valence-corrected chi connectivity index (χ4v) is 8.11. The maximum atomic E-state index is 3.93. The molecule has 212 valence electrons. The highest BCUT2D eigenvalue weighted by Crippen LogP contribution is 2.44. The predicted molar refractivity (Wildman–Crippen MR) is 193 cm³/mol. The van der Waals surface area contributed by atoms with E-state index in [1.54, 1.807) is 0 Å². The van der Waals surface area contributed by atoms with E-state index in [1.165, 1.54) is 98.5 Å². The first-order valence-corrected chi connectivity index (χ1v) is 15.9. The molecule has 1 N–H and O–H groups in total. The summed E-state index contributed by atoms with van der Waals surface area (Å²) in [6, 6.07) is 45.0. The average molecular weight is 575 g/mol. The zero-order valence-corrected chi connectivity index (χ0v) is 25.1. The Kier molecular flexibility index (Phi) is 5.07. The number of nitrogens with one attached hydrogen (secondary N) is 1. The van der Waals surface area contributed by atoms with Crippen LogP contribution in [0.25, 0.3) is 93.5 Å². The lowest BCUT2D eigenvalue weighted by atomic mass is 9.89. The monoisotopic (exact) mass is 574 g/mol. The van der Waals surface area contributed by atoms with Gasteiger partial charge in [-0.2, -0.15) is 0 Å². The summed E-state index contributed by atoms with van der Waals surface area (Å²) in [5, 5.41) is 10.3. The molecule has 2 heteroatoms. The predicted octanol–water partition coefficient (Wildman–Crippen LogP) is 11.6. The zero-order valence-electron chi connectivity index (χ0n) is 25.1. The van der Waals surface area contributed by atoms with E-state index in [2.05, 4.69) is 150 Å². The van der Waals surface area contributed by atoms with Gasteiger partial charge < -0.3 is 9.55 Å². The van der Waals surface area contributed by atoms with E-state index in [4.69, 9.17) is 0 Å². The molecule has 0 fully saturated rings. The van der Waals surface area contributed by atoms with Crippen molar-refractivity contribution in [3.8, 4) is 22.3 Å². The van der Waals surface area contributed by atoms with Crippen LogP contribution >= 0.6 is 0 Å². The van der Waals surface area contributed by atoms with E-state index >= 15 is 0 Å². The van der Waals surface area contributed by atoms with Crippen molar-refractivity contribution in [3.63, 3.8) is 0 Å². The molecule has 2 heterocycles. The van der Waals surface area contributed by atoms with Crippen LogP contribution in [0.2, 0.25) is 0 Å². The number of aryl methyl sites for hydroxylation is 2. The third kappa shape index (κ3) is 3.45. The van der Waals surface area contributed by atoms with Crippen LogP contribution in [0, 0.1) is 0 Å². The maximum absolute atomic E-state index is 3.93. The molecule has 0 saturated carbocycles. The lowest BCUT2D eigenvalue weighted by Gasteiger charge is -2.15. The van der Waals surface area contributed by atoms with Gasteiger partial charge in [0.2, 0.25) is 0 Å². The summed E-state index contributed by atoms with van der Waals surface area (Å²) in [7, 11) is 2.23. The molecule has 2 nitrogen and oxygen atoms in total. The number of H-pyrrole nitrogens is 1. The molecule has 0 radical (unpaired) electrons. The Balaban J connectivity index is 1.27. The summed E-state index contributed by atoms with van der Waals surface area (Å²) in [4.78, 5) is 3.93. The summed E-state index contributed by atoms with van der Waals surface area (Å²) in [6.45, 7) is 0. The van der Waals surface area contributed by atoms with Crippen molar-refractivity contribution in [2.75, 3.05) is 0 Å². The van der Waals surface area contributed by atoms with Crippen molar-refractivity contribution >= 4 is 71.2 Å². The number of allylic oxidation sites excluding steroid dienone is 1. The normalized spacial score (nSPS) is 13.2. The van der Waals surface area contributed by atoms with Crippen LogP contribution in [-0.4, -0.2) is 9.55 Å².